The molecule has 1 aliphatic rings. The number of anilines is 1. The van der Waals surface area contributed by atoms with E-state index in [1.54, 1.807) is 23.2 Å². The molecule has 1 N–H and O–H groups in total. The number of halogens is 3. The Morgan fingerprint density at radius 1 is 1.22 bits per heavy atom. The highest BCUT2D eigenvalue weighted by Gasteiger charge is 2.22. The second kappa shape index (κ2) is 6.79. The number of fused-ring (bicyclic) bond motifs is 1. The zero-order valence-electron chi connectivity index (χ0n) is 14.5. The normalized spacial score (nSPS) is 13.1. The van der Waals surface area contributed by atoms with Crippen molar-refractivity contribution in [2.24, 2.45) is 0 Å². The van der Waals surface area contributed by atoms with Gasteiger partial charge in [-0.3, -0.25) is 0 Å². The molecule has 7 heteroatoms. The fraction of sp³-hybridized carbons (Fsp3) is 0.150. The molecule has 0 aliphatic carbocycles. The third-order valence-electron chi connectivity index (χ3n) is 4.68. The number of nitrogens with zero attached hydrogens (tertiary/aromatic N) is 3. The number of benzene rings is 2. The van der Waals surface area contributed by atoms with Crippen molar-refractivity contribution in [3.05, 3.63) is 76.3 Å². The van der Waals surface area contributed by atoms with Crippen LogP contribution in [-0.4, -0.2) is 14.7 Å². The molecule has 0 amide bonds. The number of hydrogen-bond acceptors (Lipinski definition) is 3. The van der Waals surface area contributed by atoms with Gasteiger partial charge in [-0.1, -0.05) is 23.7 Å². The van der Waals surface area contributed by atoms with Crippen LogP contribution in [0.25, 0.3) is 17.3 Å². The summed E-state index contributed by atoms with van der Waals surface area (Å²) in [5, 5.41) is 9.86. The second-order valence-corrected chi connectivity index (χ2v) is 6.72. The summed E-state index contributed by atoms with van der Waals surface area (Å²) >= 11 is 6.09. The number of aliphatic hydroxyl groups is 1. The van der Waals surface area contributed by atoms with E-state index in [0.717, 1.165) is 28.8 Å². The summed E-state index contributed by atoms with van der Waals surface area (Å²) in [5.41, 5.74) is 2.46. The van der Waals surface area contributed by atoms with Crippen LogP contribution in [0.15, 0.2) is 42.6 Å². The minimum atomic E-state index is -0.765. The summed E-state index contributed by atoms with van der Waals surface area (Å²) < 4.78 is 30.2. The predicted octanol–water partition coefficient (Wildman–Crippen LogP) is 4.73. The lowest BCUT2D eigenvalue weighted by molar-refractivity contribution is 0.269. The Labute approximate surface area is 160 Å². The van der Waals surface area contributed by atoms with Gasteiger partial charge in [-0.2, -0.15) is 0 Å². The highest BCUT2D eigenvalue weighted by molar-refractivity contribution is 6.30. The van der Waals surface area contributed by atoms with E-state index < -0.39 is 18.2 Å². The predicted molar refractivity (Wildman–Crippen MR) is 101 cm³/mol. The largest absolute Gasteiger partial charge is 0.391 e. The molecule has 0 saturated carbocycles. The monoisotopic (exact) mass is 387 g/mol. The van der Waals surface area contributed by atoms with Gasteiger partial charge in [-0.25, -0.2) is 13.8 Å². The highest BCUT2D eigenvalue weighted by atomic mass is 35.5. The van der Waals surface area contributed by atoms with E-state index in [1.165, 1.54) is 6.07 Å². The summed E-state index contributed by atoms with van der Waals surface area (Å²) in [6.07, 6.45) is 3.47. The lowest BCUT2D eigenvalue weighted by Crippen LogP contribution is -2.26. The molecule has 0 bridgehead atoms. The molecule has 0 spiro atoms. The van der Waals surface area contributed by atoms with Crippen LogP contribution in [0.1, 0.15) is 17.1 Å². The van der Waals surface area contributed by atoms with Crippen LogP contribution >= 0.6 is 11.6 Å². The number of aromatic nitrogens is 2. The van der Waals surface area contributed by atoms with E-state index in [-0.39, 0.29) is 11.3 Å². The molecular weight excluding hydrogens is 372 g/mol. The Morgan fingerprint density at radius 2 is 2.04 bits per heavy atom. The van der Waals surface area contributed by atoms with Crippen LogP contribution in [0.4, 0.5) is 14.5 Å². The first-order valence-electron chi connectivity index (χ1n) is 8.35. The molecule has 0 unspecified atom stereocenters. The van der Waals surface area contributed by atoms with E-state index in [2.05, 4.69) is 4.98 Å². The summed E-state index contributed by atoms with van der Waals surface area (Å²) in [7, 11) is 0. The lowest BCUT2D eigenvalue weighted by atomic mass is 10.1. The van der Waals surface area contributed by atoms with Crippen molar-refractivity contribution in [2.75, 3.05) is 4.90 Å². The molecule has 2 heterocycles. The lowest BCUT2D eigenvalue weighted by Gasteiger charge is -2.27. The Morgan fingerprint density at radius 3 is 2.78 bits per heavy atom. The zero-order chi connectivity index (χ0) is 19.1. The van der Waals surface area contributed by atoms with E-state index in [9.17, 15) is 13.9 Å². The Kier molecular flexibility index (Phi) is 4.45. The SMILES string of the molecule is Cc1c(-c2cccc(Cl)c2)nc2n1CN(c1ccc(F)c(CO)c1F)C=C2. The number of aliphatic hydroxyl groups excluding tert-OH is 1. The van der Waals surface area contributed by atoms with Gasteiger partial charge in [-0.05, 0) is 37.3 Å². The highest BCUT2D eigenvalue weighted by Crippen LogP contribution is 2.31. The molecule has 0 radical (unpaired) electrons. The Balaban J connectivity index is 1.73. The first-order chi connectivity index (χ1) is 13.0. The molecule has 27 heavy (non-hydrogen) atoms. The molecule has 0 fully saturated rings. The number of hydrogen-bond donors (Lipinski definition) is 1. The molecule has 4 nitrogen and oxygen atoms in total. The molecule has 3 aromatic rings. The summed E-state index contributed by atoms with van der Waals surface area (Å²) in [6, 6.07) is 9.96. The second-order valence-electron chi connectivity index (χ2n) is 6.29. The molecule has 1 aliphatic heterocycles. The fourth-order valence-electron chi connectivity index (χ4n) is 3.24. The van der Waals surface area contributed by atoms with Crippen LogP contribution in [0.5, 0.6) is 0 Å². The summed E-state index contributed by atoms with van der Waals surface area (Å²) in [5.74, 6) is -0.787. The standard InChI is InChI=1S/C20H16ClF2N3O/c1-12-20(13-3-2-4-14(21)9-13)24-18-7-8-25(11-26(12)18)17-6-5-16(22)15(10-27)19(17)23/h2-9,27H,10-11H2,1H3. The van der Waals surface area contributed by atoms with Gasteiger partial charge >= 0.3 is 0 Å². The Bertz CT molecular complexity index is 1060. The minimum absolute atomic E-state index is 0.194. The summed E-state index contributed by atoms with van der Waals surface area (Å²) in [6.45, 7) is 1.56. The topological polar surface area (TPSA) is 41.3 Å². The molecule has 1 aromatic heterocycles. The van der Waals surface area contributed by atoms with Gasteiger partial charge in [0, 0.05) is 22.5 Å². The molecule has 138 valence electrons. The van der Waals surface area contributed by atoms with Gasteiger partial charge in [0.05, 0.1) is 23.6 Å². The van der Waals surface area contributed by atoms with Crippen LogP contribution in [-0.2, 0) is 13.3 Å². The van der Waals surface area contributed by atoms with Crippen LogP contribution < -0.4 is 4.90 Å². The van der Waals surface area contributed by atoms with E-state index >= 15 is 0 Å². The molecule has 4 rings (SSSR count). The van der Waals surface area contributed by atoms with Gasteiger partial charge in [0.1, 0.15) is 18.3 Å². The van der Waals surface area contributed by atoms with Gasteiger partial charge in [0.25, 0.3) is 0 Å². The number of imidazole rings is 1. The molecule has 2 aromatic carbocycles. The van der Waals surface area contributed by atoms with Crippen LogP contribution in [0.2, 0.25) is 5.02 Å². The summed E-state index contributed by atoms with van der Waals surface area (Å²) in [4.78, 5) is 6.31. The molecule has 0 atom stereocenters. The van der Waals surface area contributed by atoms with Crippen molar-refractivity contribution >= 4 is 23.4 Å². The van der Waals surface area contributed by atoms with Crippen molar-refractivity contribution in [1.29, 1.82) is 0 Å². The van der Waals surface area contributed by atoms with Gasteiger partial charge < -0.3 is 14.6 Å². The third-order valence-corrected chi connectivity index (χ3v) is 4.91. The smallest absolute Gasteiger partial charge is 0.155 e. The van der Waals surface area contributed by atoms with E-state index in [1.807, 2.05) is 29.7 Å². The maximum Gasteiger partial charge on any atom is 0.155 e. The van der Waals surface area contributed by atoms with Gasteiger partial charge in [0.2, 0.25) is 0 Å². The number of rotatable bonds is 3. The maximum absolute atomic E-state index is 14.6. The van der Waals surface area contributed by atoms with E-state index in [0.29, 0.717) is 11.7 Å². The van der Waals surface area contributed by atoms with Crippen LogP contribution in [0, 0.1) is 18.6 Å². The Hall–Kier alpha value is -2.70. The van der Waals surface area contributed by atoms with Crippen LogP contribution in [0.3, 0.4) is 0 Å². The van der Waals surface area contributed by atoms with Crippen molar-refractivity contribution < 1.29 is 13.9 Å². The average Bonchev–Trinajstić information content (AvgIpc) is 2.98. The zero-order valence-corrected chi connectivity index (χ0v) is 15.2. The van der Waals surface area contributed by atoms with Crippen molar-refractivity contribution in [3.8, 4) is 11.3 Å². The first kappa shape index (κ1) is 17.7. The fourth-order valence-corrected chi connectivity index (χ4v) is 3.43. The third kappa shape index (κ3) is 3.01. The van der Waals surface area contributed by atoms with Crippen molar-refractivity contribution in [1.82, 2.24) is 9.55 Å². The van der Waals surface area contributed by atoms with Crippen molar-refractivity contribution in [3.63, 3.8) is 0 Å². The van der Waals surface area contributed by atoms with E-state index in [4.69, 9.17) is 11.6 Å². The molecule has 0 saturated heterocycles. The minimum Gasteiger partial charge on any atom is -0.391 e. The average molecular weight is 388 g/mol. The van der Waals surface area contributed by atoms with Gasteiger partial charge in [-0.15, -0.1) is 0 Å². The maximum atomic E-state index is 14.6. The first-order valence-corrected chi connectivity index (χ1v) is 8.73. The van der Waals surface area contributed by atoms with Gasteiger partial charge in [0.15, 0.2) is 5.82 Å². The quantitative estimate of drug-likeness (QED) is 0.706. The molecular formula is C20H16ClF2N3O. The van der Waals surface area contributed by atoms with Crippen molar-refractivity contribution in [2.45, 2.75) is 20.2 Å².